The van der Waals surface area contributed by atoms with E-state index in [1.807, 2.05) is 6.92 Å². The van der Waals surface area contributed by atoms with Crippen LogP contribution in [0.25, 0.3) is 0 Å². The minimum Gasteiger partial charge on any atom is -0.324 e. The summed E-state index contributed by atoms with van der Waals surface area (Å²) in [7, 11) is 0. The summed E-state index contributed by atoms with van der Waals surface area (Å²) < 4.78 is 35.9. The van der Waals surface area contributed by atoms with Gasteiger partial charge in [-0.15, -0.1) is 0 Å². The number of halogens is 4. The van der Waals surface area contributed by atoms with Crippen molar-refractivity contribution in [2.75, 3.05) is 0 Å². The van der Waals surface area contributed by atoms with Crippen LogP contribution in [-0.4, -0.2) is 6.18 Å². The fraction of sp³-hybridized carbons (Fsp3) is 0.500. The predicted molar refractivity (Wildman–Crippen MR) is 63.0 cm³/mol. The second-order valence-electron chi connectivity index (χ2n) is 4.11. The van der Waals surface area contributed by atoms with Crippen LogP contribution in [0.2, 0.25) is 5.02 Å². The van der Waals surface area contributed by atoms with Gasteiger partial charge in [0.15, 0.2) is 0 Å². The third-order valence-corrected chi connectivity index (χ3v) is 2.84. The summed E-state index contributed by atoms with van der Waals surface area (Å²) in [5.74, 6) is 0. The lowest BCUT2D eigenvalue weighted by Gasteiger charge is -2.15. The van der Waals surface area contributed by atoms with Gasteiger partial charge < -0.3 is 5.73 Å². The molecule has 0 aliphatic carbocycles. The molecule has 1 unspecified atom stereocenters. The molecule has 17 heavy (non-hydrogen) atoms. The predicted octanol–water partition coefficient (Wildman–Crippen LogP) is 4.38. The molecule has 1 atom stereocenters. The Morgan fingerprint density at radius 1 is 1.35 bits per heavy atom. The number of hydrogen-bond acceptors (Lipinski definition) is 1. The Morgan fingerprint density at radius 3 is 2.53 bits per heavy atom. The number of nitrogens with two attached hydrogens (primary N) is 1. The molecule has 0 bridgehead atoms. The standard InChI is InChI=1S/C12H15ClF3N/c1-8-7-9(13)4-5-10(8)11(17)3-2-6-12(14,15)16/h4-5,7,11H,2-3,6,17H2,1H3. The average molecular weight is 266 g/mol. The zero-order valence-electron chi connectivity index (χ0n) is 9.52. The molecule has 2 N–H and O–H groups in total. The zero-order chi connectivity index (χ0) is 13.1. The van der Waals surface area contributed by atoms with E-state index in [0.717, 1.165) is 11.1 Å². The van der Waals surface area contributed by atoms with Gasteiger partial charge in [0.1, 0.15) is 0 Å². The number of alkyl halides is 3. The maximum Gasteiger partial charge on any atom is 0.389 e. The van der Waals surface area contributed by atoms with Crippen molar-refractivity contribution in [3.05, 3.63) is 34.3 Å². The van der Waals surface area contributed by atoms with Crippen LogP contribution < -0.4 is 5.73 Å². The van der Waals surface area contributed by atoms with Crippen LogP contribution >= 0.6 is 11.6 Å². The molecule has 0 aliphatic heterocycles. The van der Waals surface area contributed by atoms with E-state index in [4.69, 9.17) is 17.3 Å². The number of hydrogen-bond donors (Lipinski definition) is 1. The van der Waals surface area contributed by atoms with Crippen LogP contribution in [0, 0.1) is 6.92 Å². The van der Waals surface area contributed by atoms with Gasteiger partial charge in [0, 0.05) is 17.5 Å². The lowest BCUT2D eigenvalue weighted by Crippen LogP contribution is -2.14. The Balaban J connectivity index is 2.55. The lowest BCUT2D eigenvalue weighted by atomic mass is 9.97. The topological polar surface area (TPSA) is 26.0 Å². The molecule has 0 aliphatic rings. The molecule has 0 fully saturated rings. The maximum atomic E-state index is 12.0. The van der Waals surface area contributed by atoms with E-state index in [0.29, 0.717) is 11.4 Å². The highest BCUT2D eigenvalue weighted by Crippen LogP contribution is 2.27. The van der Waals surface area contributed by atoms with E-state index in [1.54, 1.807) is 18.2 Å². The highest BCUT2D eigenvalue weighted by atomic mass is 35.5. The van der Waals surface area contributed by atoms with Gasteiger partial charge in [-0.05, 0) is 43.0 Å². The van der Waals surface area contributed by atoms with Crippen LogP contribution in [0.4, 0.5) is 13.2 Å². The Bertz CT molecular complexity index is 377. The fourth-order valence-corrected chi connectivity index (χ4v) is 1.96. The van der Waals surface area contributed by atoms with Crippen molar-refractivity contribution in [1.29, 1.82) is 0 Å². The Kier molecular flexibility index (Phi) is 4.83. The first-order valence-electron chi connectivity index (χ1n) is 5.38. The summed E-state index contributed by atoms with van der Waals surface area (Å²) in [5, 5.41) is 0.605. The van der Waals surface area contributed by atoms with Crippen molar-refractivity contribution in [1.82, 2.24) is 0 Å². The van der Waals surface area contributed by atoms with Gasteiger partial charge in [-0.25, -0.2) is 0 Å². The molecule has 0 heterocycles. The van der Waals surface area contributed by atoms with E-state index in [1.165, 1.54) is 0 Å². The normalized spacial score (nSPS) is 13.8. The van der Waals surface area contributed by atoms with Crippen LogP contribution in [0.15, 0.2) is 18.2 Å². The molecular weight excluding hydrogens is 251 g/mol. The van der Waals surface area contributed by atoms with Crippen molar-refractivity contribution in [3.8, 4) is 0 Å². The summed E-state index contributed by atoms with van der Waals surface area (Å²) >= 11 is 5.80. The number of rotatable bonds is 4. The van der Waals surface area contributed by atoms with E-state index in [9.17, 15) is 13.2 Å². The minimum absolute atomic E-state index is 0.0483. The molecule has 0 saturated heterocycles. The molecule has 5 heteroatoms. The third kappa shape index (κ3) is 4.96. The minimum atomic E-state index is -4.10. The molecule has 1 aromatic carbocycles. The van der Waals surface area contributed by atoms with Crippen molar-refractivity contribution < 1.29 is 13.2 Å². The Morgan fingerprint density at radius 2 is 2.00 bits per heavy atom. The largest absolute Gasteiger partial charge is 0.389 e. The van der Waals surface area contributed by atoms with Gasteiger partial charge in [-0.1, -0.05) is 17.7 Å². The first kappa shape index (κ1) is 14.3. The highest BCUT2D eigenvalue weighted by Gasteiger charge is 2.26. The molecule has 0 amide bonds. The van der Waals surface area contributed by atoms with E-state index >= 15 is 0 Å². The number of aryl methyl sites for hydroxylation is 1. The molecule has 1 rings (SSSR count). The zero-order valence-corrected chi connectivity index (χ0v) is 10.3. The summed E-state index contributed by atoms with van der Waals surface area (Å²) in [6.07, 6.45) is -4.52. The third-order valence-electron chi connectivity index (χ3n) is 2.61. The Labute approximate surface area is 104 Å². The van der Waals surface area contributed by atoms with Gasteiger partial charge >= 0.3 is 6.18 Å². The molecule has 1 aromatic rings. The van der Waals surface area contributed by atoms with Gasteiger partial charge in [0.05, 0.1) is 0 Å². The Hall–Kier alpha value is -0.740. The fourth-order valence-electron chi connectivity index (χ4n) is 1.73. The van der Waals surface area contributed by atoms with E-state index < -0.39 is 12.6 Å². The van der Waals surface area contributed by atoms with Crippen molar-refractivity contribution in [3.63, 3.8) is 0 Å². The monoisotopic (exact) mass is 265 g/mol. The smallest absolute Gasteiger partial charge is 0.324 e. The average Bonchev–Trinajstić information content (AvgIpc) is 2.15. The highest BCUT2D eigenvalue weighted by molar-refractivity contribution is 6.30. The summed E-state index contributed by atoms with van der Waals surface area (Å²) in [6.45, 7) is 1.85. The van der Waals surface area contributed by atoms with Crippen LogP contribution in [-0.2, 0) is 0 Å². The van der Waals surface area contributed by atoms with Crippen LogP contribution in [0.1, 0.15) is 36.4 Å². The summed E-state index contributed by atoms with van der Waals surface area (Å²) in [5.41, 5.74) is 7.64. The quantitative estimate of drug-likeness (QED) is 0.859. The van der Waals surface area contributed by atoms with Crippen LogP contribution in [0.5, 0.6) is 0 Å². The first-order valence-corrected chi connectivity index (χ1v) is 5.76. The molecule has 96 valence electrons. The first-order chi connectivity index (χ1) is 7.79. The van der Waals surface area contributed by atoms with Gasteiger partial charge in [0.25, 0.3) is 0 Å². The lowest BCUT2D eigenvalue weighted by molar-refractivity contribution is -0.135. The number of benzene rings is 1. The van der Waals surface area contributed by atoms with E-state index in [-0.39, 0.29) is 12.5 Å². The van der Waals surface area contributed by atoms with Crippen molar-refractivity contribution in [2.45, 2.75) is 38.4 Å². The van der Waals surface area contributed by atoms with Crippen molar-refractivity contribution in [2.24, 2.45) is 5.73 Å². The van der Waals surface area contributed by atoms with Crippen molar-refractivity contribution >= 4 is 11.6 Å². The summed E-state index contributed by atoms with van der Waals surface area (Å²) in [4.78, 5) is 0. The molecule has 0 saturated carbocycles. The van der Waals surface area contributed by atoms with Gasteiger partial charge in [-0.2, -0.15) is 13.2 Å². The molecular formula is C12H15ClF3N. The van der Waals surface area contributed by atoms with Gasteiger partial charge in [0.2, 0.25) is 0 Å². The molecule has 0 aromatic heterocycles. The molecule has 0 radical (unpaired) electrons. The summed E-state index contributed by atoms with van der Waals surface area (Å²) in [6, 6.07) is 4.87. The molecule has 1 nitrogen and oxygen atoms in total. The maximum absolute atomic E-state index is 12.0. The SMILES string of the molecule is Cc1cc(Cl)ccc1C(N)CCCC(F)(F)F. The second kappa shape index (κ2) is 5.74. The van der Waals surface area contributed by atoms with Crippen LogP contribution in [0.3, 0.4) is 0 Å². The second-order valence-corrected chi connectivity index (χ2v) is 4.55. The van der Waals surface area contributed by atoms with Gasteiger partial charge in [-0.3, -0.25) is 0 Å². The van der Waals surface area contributed by atoms with E-state index in [2.05, 4.69) is 0 Å². The molecule has 0 spiro atoms.